The Bertz CT molecular complexity index is 476. The van der Waals surface area contributed by atoms with Crippen LogP contribution in [-0.2, 0) is 10.0 Å². The summed E-state index contributed by atoms with van der Waals surface area (Å²) in [6.07, 6.45) is 0.699. The minimum absolute atomic E-state index is 0.0118. The quantitative estimate of drug-likeness (QED) is 0.781. The van der Waals surface area contributed by atoms with Gasteiger partial charge < -0.3 is 0 Å². The zero-order chi connectivity index (χ0) is 13.1. The van der Waals surface area contributed by atoms with Crippen molar-refractivity contribution >= 4 is 26.0 Å². The molecule has 0 heterocycles. The summed E-state index contributed by atoms with van der Waals surface area (Å²) in [5.74, 6) is -0.548. The molecule has 1 unspecified atom stereocenters. The van der Waals surface area contributed by atoms with Gasteiger partial charge in [0.25, 0.3) is 0 Å². The van der Waals surface area contributed by atoms with Crippen LogP contribution in [0.4, 0.5) is 4.39 Å². The molecule has 0 aliphatic heterocycles. The third kappa shape index (κ3) is 4.04. The molecule has 0 aliphatic carbocycles. The monoisotopic (exact) mass is 323 g/mol. The highest BCUT2D eigenvalue weighted by atomic mass is 79.9. The summed E-state index contributed by atoms with van der Waals surface area (Å²) in [7, 11) is -2.09. The Morgan fingerprint density at radius 2 is 2.12 bits per heavy atom. The predicted molar refractivity (Wildman–Crippen MR) is 69.2 cm³/mol. The van der Waals surface area contributed by atoms with Crippen molar-refractivity contribution in [3.05, 3.63) is 30.1 Å². The van der Waals surface area contributed by atoms with E-state index in [-0.39, 0.29) is 9.72 Å². The molecule has 0 saturated heterocycles. The zero-order valence-corrected chi connectivity index (χ0v) is 12.1. The van der Waals surface area contributed by atoms with Crippen molar-refractivity contribution in [2.24, 2.45) is 0 Å². The molecule has 1 atom stereocenters. The highest BCUT2D eigenvalue weighted by Crippen LogP contribution is 2.16. The third-order valence-electron chi connectivity index (χ3n) is 2.35. The first-order chi connectivity index (χ1) is 7.84. The van der Waals surface area contributed by atoms with Crippen molar-refractivity contribution in [2.75, 3.05) is 13.6 Å². The Labute approximate surface area is 110 Å². The second-order valence-electron chi connectivity index (χ2n) is 3.85. The fraction of sp³-hybridized carbons (Fsp3) is 0.455. The SMILES string of the molecule is CC(Br)CCN(C)S(=O)(=O)c1cccc(F)c1. The minimum Gasteiger partial charge on any atom is -0.207 e. The molecule has 0 spiro atoms. The van der Waals surface area contributed by atoms with Gasteiger partial charge in [-0.25, -0.2) is 17.1 Å². The van der Waals surface area contributed by atoms with E-state index < -0.39 is 15.8 Å². The topological polar surface area (TPSA) is 37.4 Å². The third-order valence-corrected chi connectivity index (χ3v) is 4.66. The first kappa shape index (κ1) is 14.6. The summed E-state index contributed by atoms with van der Waals surface area (Å²) >= 11 is 3.36. The highest BCUT2D eigenvalue weighted by molar-refractivity contribution is 9.09. The predicted octanol–water partition coefficient (Wildman–Crippen LogP) is 2.62. The smallest absolute Gasteiger partial charge is 0.207 e. The summed E-state index contributed by atoms with van der Waals surface area (Å²) in [4.78, 5) is 0.231. The van der Waals surface area contributed by atoms with E-state index in [0.717, 1.165) is 6.07 Å². The van der Waals surface area contributed by atoms with E-state index in [1.807, 2.05) is 6.92 Å². The Morgan fingerprint density at radius 1 is 1.47 bits per heavy atom. The Balaban J connectivity index is 2.88. The standard InChI is InChI=1S/C11H15BrFNO2S/c1-9(12)6-7-14(2)17(15,16)11-5-3-4-10(13)8-11/h3-5,8-9H,6-7H2,1-2H3. The molecule has 1 aromatic carbocycles. The molecule has 0 aromatic heterocycles. The number of rotatable bonds is 5. The minimum atomic E-state index is -3.58. The number of alkyl halides is 1. The van der Waals surface area contributed by atoms with Crippen molar-refractivity contribution in [3.63, 3.8) is 0 Å². The van der Waals surface area contributed by atoms with Gasteiger partial charge >= 0.3 is 0 Å². The zero-order valence-electron chi connectivity index (χ0n) is 9.73. The lowest BCUT2D eigenvalue weighted by atomic mass is 10.3. The Hall–Kier alpha value is -0.460. The fourth-order valence-corrected chi connectivity index (χ4v) is 2.71. The first-order valence-electron chi connectivity index (χ1n) is 5.20. The van der Waals surface area contributed by atoms with E-state index in [9.17, 15) is 12.8 Å². The lowest BCUT2D eigenvalue weighted by molar-refractivity contribution is 0.461. The van der Waals surface area contributed by atoms with Gasteiger partial charge in [0.2, 0.25) is 10.0 Å². The van der Waals surface area contributed by atoms with Crippen LogP contribution in [0.2, 0.25) is 0 Å². The molecular formula is C11H15BrFNO2S. The molecule has 0 radical (unpaired) electrons. The molecule has 1 rings (SSSR count). The number of benzene rings is 1. The summed E-state index contributed by atoms with van der Waals surface area (Å²) in [5.41, 5.74) is 0. The van der Waals surface area contributed by atoms with E-state index in [1.165, 1.54) is 29.6 Å². The number of sulfonamides is 1. The van der Waals surface area contributed by atoms with Gasteiger partial charge in [-0.15, -0.1) is 0 Å². The first-order valence-corrected chi connectivity index (χ1v) is 7.55. The van der Waals surface area contributed by atoms with Crippen LogP contribution < -0.4 is 0 Å². The van der Waals surface area contributed by atoms with Gasteiger partial charge in [0, 0.05) is 18.4 Å². The second-order valence-corrected chi connectivity index (χ2v) is 7.46. The van der Waals surface area contributed by atoms with Crippen molar-refractivity contribution in [1.82, 2.24) is 4.31 Å². The van der Waals surface area contributed by atoms with Gasteiger partial charge in [-0.1, -0.05) is 28.9 Å². The van der Waals surface area contributed by atoms with Gasteiger partial charge in [0.05, 0.1) is 4.90 Å². The van der Waals surface area contributed by atoms with E-state index in [1.54, 1.807) is 0 Å². The van der Waals surface area contributed by atoms with Crippen molar-refractivity contribution in [2.45, 2.75) is 23.1 Å². The van der Waals surface area contributed by atoms with E-state index in [2.05, 4.69) is 15.9 Å². The van der Waals surface area contributed by atoms with Crippen molar-refractivity contribution in [3.8, 4) is 0 Å². The average Bonchev–Trinajstić information content (AvgIpc) is 2.25. The van der Waals surface area contributed by atoms with Crippen LogP contribution >= 0.6 is 15.9 Å². The summed E-state index contributed by atoms with van der Waals surface area (Å²) in [6, 6.07) is 5.04. The molecule has 0 amide bonds. The molecular weight excluding hydrogens is 309 g/mol. The molecule has 0 N–H and O–H groups in total. The van der Waals surface area contributed by atoms with Crippen LogP contribution in [0.3, 0.4) is 0 Å². The van der Waals surface area contributed by atoms with Crippen LogP contribution in [0.15, 0.2) is 29.2 Å². The van der Waals surface area contributed by atoms with Crippen LogP contribution in [0.5, 0.6) is 0 Å². The van der Waals surface area contributed by atoms with Crippen LogP contribution in [0.25, 0.3) is 0 Å². The molecule has 17 heavy (non-hydrogen) atoms. The van der Waals surface area contributed by atoms with Gasteiger partial charge in [-0.2, -0.15) is 0 Å². The summed E-state index contributed by atoms with van der Waals surface area (Å²) in [5, 5.41) is 0. The molecule has 0 saturated carbocycles. The lowest BCUT2D eigenvalue weighted by Crippen LogP contribution is -2.29. The number of nitrogens with zero attached hydrogens (tertiary/aromatic N) is 1. The average molecular weight is 324 g/mol. The van der Waals surface area contributed by atoms with E-state index in [0.29, 0.717) is 13.0 Å². The molecule has 0 fully saturated rings. The van der Waals surface area contributed by atoms with Gasteiger partial charge in [0.15, 0.2) is 0 Å². The summed E-state index contributed by atoms with van der Waals surface area (Å²) < 4.78 is 38.3. The van der Waals surface area contributed by atoms with E-state index in [4.69, 9.17) is 0 Å². The number of hydrogen-bond acceptors (Lipinski definition) is 2. The van der Waals surface area contributed by atoms with Crippen LogP contribution in [0.1, 0.15) is 13.3 Å². The van der Waals surface area contributed by atoms with Gasteiger partial charge in [-0.05, 0) is 24.6 Å². The highest BCUT2D eigenvalue weighted by Gasteiger charge is 2.20. The molecule has 0 bridgehead atoms. The maximum atomic E-state index is 13.0. The lowest BCUT2D eigenvalue weighted by Gasteiger charge is -2.17. The van der Waals surface area contributed by atoms with Crippen molar-refractivity contribution in [1.29, 1.82) is 0 Å². The van der Waals surface area contributed by atoms with Crippen LogP contribution in [0, 0.1) is 5.82 Å². The fourth-order valence-electron chi connectivity index (χ4n) is 1.29. The Kier molecular flexibility index (Phi) is 5.09. The second kappa shape index (κ2) is 5.93. The van der Waals surface area contributed by atoms with Gasteiger partial charge in [0.1, 0.15) is 5.82 Å². The van der Waals surface area contributed by atoms with Crippen LogP contribution in [-0.4, -0.2) is 31.1 Å². The van der Waals surface area contributed by atoms with E-state index >= 15 is 0 Å². The largest absolute Gasteiger partial charge is 0.242 e. The maximum absolute atomic E-state index is 13.0. The normalized spacial score (nSPS) is 13.9. The summed E-state index contributed by atoms with van der Waals surface area (Å²) in [6.45, 7) is 2.34. The molecule has 6 heteroatoms. The van der Waals surface area contributed by atoms with Gasteiger partial charge in [-0.3, -0.25) is 0 Å². The molecule has 0 aliphatic rings. The number of hydrogen-bond donors (Lipinski definition) is 0. The maximum Gasteiger partial charge on any atom is 0.242 e. The molecule has 1 aromatic rings. The number of halogens is 2. The van der Waals surface area contributed by atoms with Crippen molar-refractivity contribution < 1.29 is 12.8 Å². The molecule has 3 nitrogen and oxygen atoms in total. The Morgan fingerprint density at radius 3 is 2.65 bits per heavy atom. The molecule has 96 valence electrons.